The van der Waals surface area contributed by atoms with Crippen molar-refractivity contribution in [3.63, 3.8) is 0 Å². The van der Waals surface area contributed by atoms with E-state index in [0.29, 0.717) is 51.5 Å². The van der Waals surface area contributed by atoms with Crippen LogP contribution >= 0.6 is 11.6 Å². The van der Waals surface area contributed by atoms with Crippen molar-refractivity contribution >= 4 is 33.5 Å². The summed E-state index contributed by atoms with van der Waals surface area (Å²) in [7, 11) is 0. The summed E-state index contributed by atoms with van der Waals surface area (Å²) < 4.78 is 16.9. The van der Waals surface area contributed by atoms with Crippen molar-refractivity contribution in [2.45, 2.75) is 26.4 Å². The number of hydrogen-bond acceptors (Lipinski definition) is 6. The number of ether oxygens (including phenoxy) is 1. The normalized spacial score (nSPS) is 14.3. The van der Waals surface area contributed by atoms with Crippen LogP contribution in [0, 0.1) is 0 Å². The summed E-state index contributed by atoms with van der Waals surface area (Å²) in [4.78, 5) is 27.3. The van der Waals surface area contributed by atoms with Gasteiger partial charge < -0.3 is 13.6 Å². The Kier molecular flexibility index (Phi) is 4.41. The third-order valence-corrected chi connectivity index (χ3v) is 5.67. The van der Waals surface area contributed by atoms with Crippen LogP contribution in [0.15, 0.2) is 60.9 Å². The summed E-state index contributed by atoms with van der Waals surface area (Å²) in [6.45, 7) is 5.20. The van der Waals surface area contributed by atoms with Crippen molar-refractivity contribution in [3.05, 3.63) is 73.9 Å². The molecule has 0 atom stereocenters. The SMILES string of the molecule is CC(C)N1COc2ccc3c(-c4cc5cc(Cl)ccc5oc4=O)cc(=O)oc3c2C1. The van der Waals surface area contributed by atoms with Crippen molar-refractivity contribution in [1.29, 1.82) is 0 Å². The van der Waals surface area contributed by atoms with Crippen LogP contribution < -0.4 is 16.0 Å². The highest BCUT2D eigenvalue weighted by Gasteiger charge is 2.24. The molecule has 0 radical (unpaired) electrons. The number of benzene rings is 2. The first-order chi connectivity index (χ1) is 14.4. The first-order valence-electron chi connectivity index (χ1n) is 9.61. The van der Waals surface area contributed by atoms with Gasteiger partial charge in [0.25, 0.3) is 0 Å². The Morgan fingerprint density at radius 3 is 2.63 bits per heavy atom. The molecule has 0 N–H and O–H groups in total. The number of rotatable bonds is 2. The summed E-state index contributed by atoms with van der Waals surface area (Å²) in [5, 5.41) is 1.85. The molecule has 0 bridgehead atoms. The number of hydrogen-bond donors (Lipinski definition) is 0. The Balaban J connectivity index is 1.78. The molecular formula is C23H18ClNO5. The highest BCUT2D eigenvalue weighted by Crippen LogP contribution is 2.36. The van der Waals surface area contributed by atoms with Gasteiger partial charge in [-0.05, 0) is 50.2 Å². The maximum Gasteiger partial charge on any atom is 0.344 e. The van der Waals surface area contributed by atoms with Gasteiger partial charge in [0, 0.05) is 40.0 Å². The molecule has 30 heavy (non-hydrogen) atoms. The zero-order valence-corrected chi connectivity index (χ0v) is 17.2. The van der Waals surface area contributed by atoms with Crippen molar-refractivity contribution in [1.82, 2.24) is 4.90 Å². The molecule has 3 heterocycles. The lowest BCUT2D eigenvalue weighted by molar-refractivity contribution is 0.0689. The molecule has 0 aliphatic carbocycles. The predicted octanol–water partition coefficient (Wildman–Crippen LogP) is 4.78. The summed E-state index contributed by atoms with van der Waals surface area (Å²) in [5.74, 6) is 0.678. The summed E-state index contributed by atoms with van der Waals surface area (Å²) in [6.07, 6.45) is 0. The third-order valence-electron chi connectivity index (χ3n) is 5.43. The van der Waals surface area contributed by atoms with E-state index < -0.39 is 11.3 Å². The lowest BCUT2D eigenvalue weighted by Crippen LogP contribution is -2.37. The third kappa shape index (κ3) is 3.09. The van der Waals surface area contributed by atoms with E-state index in [9.17, 15) is 9.59 Å². The minimum atomic E-state index is -0.543. The minimum absolute atomic E-state index is 0.264. The molecule has 0 saturated heterocycles. The quantitative estimate of drug-likeness (QED) is 0.432. The van der Waals surface area contributed by atoms with E-state index in [1.165, 1.54) is 6.07 Å². The van der Waals surface area contributed by atoms with Gasteiger partial charge in [-0.2, -0.15) is 0 Å². The van der Waals surface area contributed by atoms with Crippen LogP contribution in [-0.4, -0.2) is 17.7 Å². The molecule has 6 nitrogen and oxygen atoms in total. The van der Waals surface area contributed by atoms with Gasteiger partial charge in [0.1, 0.15) is 23.6 Å². The fraction of sp³-hybridized carbons (Fsp3) is 0.217. The van der Waals surface area contributed by atoms with Gasteiger partial charge in [0.05, 0.1) is 11.1 Å². The molecule has 152 valence electrons. The van der Waals surface area contributed by atoms with Gasteiger partial charge in [-0.15, -0.1) is 0 Å². The number of fused-ring (bicyclic) bond motifs is 4. The van der Waals surface area contributed by atoms with Gasteiger partial charge in [0.2, 0.25) is 0 Å². The maximum absolute atomic E-state index is 12.7. The molecule has 7 heteroatoms. The van der Waals surface area contributed by atoms with Crippen LogP contribution in [0.4, 0.5) is 0 Å². The lowest BCUT2D eigenvalue weighted by Gasteiger charge is -2.32. The van der Waals surface area contributed by atoms with Crippen molar-refractivity contribution in [2.24, 2.45) is 0 Å². The molecule has 0 fully saturated rings. The van der Waals surface area contributed by atoms with Crippen LogP contribution in [0.1, 0.15) is 19.4 Å². The van der Waals surface area contributed by atoms with E-state index in [2.05, 4.69) is 18.7 Å². The molecule has 1 aliphatic heterocycles. The highest BCUT2D eigenvalue weighted by atomic mass is 35.5. The first-order valence-corrected chi connectivity index (χ1v) is 9.99. The second-order valence-electron chi connectivity index (χ2n) is 7.64. The molecule has 0 unspecified atom stereocenters. The molecule has 2 aromatic carbocycles. The molecule has 2 aromatic heterocycles. The van der Waals surface area contributed by atoms with Crippen molar-refractivity contribution in [2.75, 3.05) is 6.73 Å². The Hall–Kier alpha value is -3.09. The van der Waals surface area contributed by atoms with E-state index in [-0.39, 0.29) is 11.6 Å². The first kappa shape index (κ1) is 18.9. The Morgan fingerprint density at radius 2 is 1.83 bits per heavy atom. The van der Waals surface area contributed by atoms with Crippen LogP contribution in [0.5, 0.6) is 5.75 Å². The molecule has 1 aliphatic rings. The lowest BCUT2D eigenvalue weighted by atomic mass is 9.99. The van der Waals surface area contributed by atoms with Crippen LogP contribution in [0.25, 0.3) is 33.1 Å². The monoisotopic (exact) mass is 423 g/mol. The maximum atomic E-state index is 12.7. The zero-order chi connectivity index (χ0) is 21.0. The summed E-state index contributed by atoms with van der Waals surface area (Å²) in [6, 6.07) is 11.9. The fourth-order valence-corrected chi connectivity index (χ4v) is 3.97. The van der Waals surface area contributed by atoms with Crippen molar-refractivity contribution in [3.8, 4) is 16.9 Å². The highest BCUT2D eigenvalue weighted by molar-refractivity contribution is 6.31. The van der Waals surface area contributed by atoms with Gasteiger partial charge in [-0.3, -0.25) is 4.90 Å². The second kappa shape index (κ2) is 7.00. The van der Waals surface area contributed by atoms with Gasteiger partial charge in [0.15, 0.2) is 0 Å². The largest absolute Gasteiger partial charge is 0.478 e. The topological polar surface area (TPSA) is 72.9 Å². The molecule has 0 amide bonds. The summed E-state index contributed by atoms with van der Waals surface area (Å²) >= 11 is 6.09. The van der Waals surface area contributed by atoms with Crippen LogP contribution in [-0.2, 0) is 6.54 Å². The molecule has 4 aromatic rings. The molecule has 5 rings (SSSR count). The van der Waals surface area contributed by atoms with E-state index in [1.54, 1.807) is 30.3 Å². The Bertz CT molecular complexity index is 1420. The Morgan fingerprint density at radius 1 is 1.00 bits per heavy atom. The smallest absolute Gasteiger partial charge is 0.344 e. The van der Waals surface area contributed by atoms with E-state index in [1.807, 2.05) is 6.07 Å². The van der Waals surface area contributed by atoms with Gasteiger partial charge in [-0.1, -0.05) is 11.6 Å². The summed E-state index contributed by atoms with van der Waals surface area (Å²) in [5.41, 5.74) is 1.30. The average molecular weight is 424 g/mol. The van der Waals surface area contributed by atoms with Crippen molar-refractivity contribution < 1.29 is 13.6 Å². The van der Waals surface area contributed by atoms with E-state index in [4.69, 9.17) is 25.2 Å². The van der Waals surface area contributed by atoms with Gasteiger partial charge in [-0.25, -0.2) is 9.59 Å². The van der Waals surface area contributed by atoms with E-state index in [0.717, 1.165) is 5.56 Å². The second-order valence-corrected chi connectivity index (χ2v) is 8.08. The van der Waals surface area contributed by atoms with Crippen LogP contribution in [0.2, 0.25) is 5.02 Å². The van der Waals surface area contributed by atoms with Crippen LogP contribution in [0.3, 0.4) is 0 Å². The number of nitrogens with zero attached hydrogens (tertiary/aromatic N) is 1. The van der Waals surface area contributed by atoms with Gasteiger partial charge >= 0.3 is 11.3 Å². The standard InChI is InChI=1S/C23H18ClNO5/c1-12(2)25-10-18-20(28-11-25)6-4-15-16(9-21(26)30-22(15)18)17-8-13-7-14(24)3-5-19(13)29-23(17)27/h3-9,12H,10-11H2,1-2H3. The minimum Gasteiger partial charge on any atom is -0.478 e. The molecule has 0 spiro atoms. The van der Waals surface area contributed by atoms with E-state index >= 15 is 0 Å². The zero-order valence-electron chi connectivity index (χ0n) is 16.4. The fourth-order valence-electron chi connectivity index (χ4n) is 3.79. The average Bonchev–Trinajstić information content (AvgIpc) is 2.72. The predicted molar refractivity (Wildman–Crippen MR) is 115 cm³/mol. The number of halogens is 1. The Labute approximate surface area is 176 Å². The molecule has 0 saturated carbocycles. The molecular weight excluding hydrogens is 406 g/mol.